The number of nitrogens with zero attached hydrogens (tertiary/aromatic N) is 6. The Bertz CT molecular complexity index is 935. The zero-order valence-corrected chi connectivity index (χ0v) is 14.1. The topological polar surface area (TPSA) is 99.2 Å². The first-order chi connectivity index (χ1) is 12.8. The molecule has 3 aromatic rings. The predicted octanol–water partition coefficient (Wildman–Crippen LogP) is 2.03. The fourth-order valence-electron chi connectivity index (χ4n) is 2.12. The Kier molecular flexibility index (Phi) is 4.90. The molecule has 2 heterocycles. The number of alkyl halides is 3. The van der Waals surface area contributed by atoms with Crippen LogP contribution in [0.2, 0.25) is 0 Å². The summed E-state index contributed by atoms with van der Waals surface area (Å²) in [5, 5.41) is 12.0. The van der Waals surface area contributed by atoms with Gasteiger partial charge in [-0.05, 0) is 5.56 Å². The van der Waals surface area contributed by atoms with Crippen molar-refractivity contribution in [2.24, 2.45) is 0 Å². The number of halogens is 3. The van der Waals surface area contributed by atoms with Gasteiger partial charge in [0.05, 0.1) is 19.9 Å². The smallest absolute Gasteiger partial charge is 0.329 e. The molecule has 12 heteroatoms. The average Bonchev–Trinajstić information content (AvgIpc) is 3.30. The van der Waals surface area contributed by atoms with E-state index in [4.69, 9.17) is 4.84 Å². The minimum Gasteiger partial charge on any atom is -0.329 e. The molecule has 3 rings (SSSR count). The molecule has 0 aliphatic heterocycles. The van der Waals surface area contributed by atoms with E-state index in [2.05, 4.69) is 25.0 Å². The van der Waals surface area contributed by atoms with E-state index in [1.54, 1.807) is 24.3 Å². The van der Waals surface area contributed by atoms with Gasteiger partial charge in [0, 0.05) is 12.6 Å². The minimum atomic E-state index is -4.69. The van der Waals surface area contributed by atoms with Crippen LogP contribution in [-0.4, -0.2) is 50.3 Å². The average molecular weight is 382 g/mol. The van der Waals surface area contributed by atoms with Gasteiger partial charge in [0.1, 0.15) is 0 Å². The quantitative estimate of drug-likeness (QED) is 0.623. The molecule has 142 valence electrons. The monoisotopic (exact) mass is 382 g/mol. The molecule has 0 radical (unpaired) electrons. The van der Waals surface area contributed by atoms with Gasteiger partial charge < -0.3 is 4.52 Å². The summed E-state index contributed by atoms with van der Waals surface area (Å²) >= 11 is 0. The zero-order chi connectivity index (χ0) is 19.6. The van der Waals surface area contributed by atoms with Crippen LogP contribution in [0.15, 0.2) is 35.0 Å². The minimum absolute atomic E-state index is 0.113. The van der Waals surface area contributed by atoms with Crippen molar-refractivity contribution in [1.82, 2.24) is 30.2 Å². The molecule has 0 N–H and O–H groups in total. The second-order valence-corrected chi connectivity index (χ2v) is 5.40. The van der Waals surface area contributed by atoms with E-state index in [0.717, 1.165) is 10.6 Å². The van der Waals surface area contributed by atoms with E-state index in [0.29, 0.717) is 12.1 Å². The zero-order valence-electron chi connectivity index (χ0n) is 14.1. The van der Waals surface area contributed by atoms with E-state index < -0.39 is 18.0 Å². The van der Waals surface area contributed by atoms with Crippen LogP contribution >= 0.6 is 0 Å². The third-order valence-corrected chi connectivity index (χ3v) is 3.54. The summed E-state index contributed by atoms with van der Waals surface area (Å²) in [5.41, 5.74) is 1.26. The molecule has 0 bridgehead atoms. The van der Waals surface area contributed by atoms with Gasteiger partial charge in [-0.1, -0.05) is 34.6 Å². The summed E-state index contributed by atoms with van der Waals surface area (Å²) in [4.78, 5) is 20.0. The van der Waals surface area contributed by atoms with E-state index >= 15 is 0 Å². The lowest BCUT2D eigenvalue weighted by Gasteiger charge is -2.10. The number of rotatable bonds is 5. The maximum absolute atomic E-state index is 12.5. The summed E-state index contributed by atoms with van der Waals surface area (Å²) in [5.74, 6) is -2.01. The molecule has 1 aromatic carbocycles. The Morgan fingerprint density at radius 2 is 2.00 bits per heavy atom. The summed E-state index contributed by atoms with van der Waals surface area (Å²) in [6.07, 6.45) is -3.23. The molecule has 0 atom stereocenters. The lowest BCUT2D eigenvalue weighted by molar-refractivity contribution is -0.159. The van der Waals surface area contributed by atoms with E-state index in [-0.39, 0.29) is 11.5 Å². The number of carbonyl (C=O) groups excluding carboxylic acids is 1. The lowest BCUT2D eigenvalue weighted by atomic mass is 10.1. The van der Waals surface area contributed by atoms with Gasteiger partial charge in [-0.3, -0.25) is 9.63 Å². The molecule has 2 aromatic heterocycles. The van der Waals surface area contributed by atoms with Gasteiger partial charge in [-0.15, -0.1) is 5.10 Å². The molecular formula is C15H13F3N6O3. The Morgan fingerprint density at radius 1 is 1.30 bits per heavy atom. The molecule has 0 saturated heterocycles. The number of aromatic nitrogens is 5. The molecule has 0 saturated carbocycles. The fraction of sp³-hybridized carbons (Fsp3) is 0.267. The third kappa shape index (κ3) is 4.11. The summed E-state index contributed by atoms with van der Waals surface area (Å²) in [7, 11) is 2.80. The first-order valence-electron chi connectivity index (χ1n) is 7.50. The first-order valence-corrected chi connectivity index (χ1v) is 7.50. The van der Waals surface area contributed by atoms with Crippen LogP contribution in [0.3, 0.4) is 0 Å². The normalized spacial score (nSPS) is 11.6. The van der Waals surface area contributed by atoms with Crippen LogP contribution < -0.4 is 0 Å². The highest BCUT2D eigenvalue weighted by atomic mass is 19.4. The van der Waals surface area contributed by atoms with Crippen molar-refractivity contribution in [2.45, 2.75) is 12.7 Å². The van der Waals surface area contributed by atoms with E-state index in [1.807, 2.05) is 0 Å². The SMILES string of the molecule is CON(C)C(=O)c1cn(Cc2ccc(-c3noc(C(F)(F)F)n3)cc2)nn1. The molecule has 1 amide bonds. The molecule has 0 unspecified atom stereocenters. The number of carbonyl (C=O) groups is 1. The highest BCUT2D eigenvalue weighted by Crippen LogP contribution is 2.29. The van der Waals surface area contributed by atoms with Crippen molar-refractivity contribution >= 4 is 5.91 Å². The van der Waals surface area contributed by atoms with Crippen molar-refractivity contribution in [3.05, 3.63) is 47.6 Å². The van der Waals surface area contributed by atoms with Crippen molar-refractivity contribution in [3.8, 4) is 11.4 Å². The molecule has 27 heavy (non-hydrogen) atoms. The summed E-state index contributed by atoms with van der Waals surface area (Å²) in [6, 6.07) is 6.46. The van der Waals surface area contributed by atoms with Gasteiger partial charge in [-0.2, -0.15) is 18.2 Å². The van der Waals surface area contributed by atoms with Crippen LogP contribution in [0.25, 0.3) is 11.4 Å². The van der Waals surface area contributed by atoms with Crippen LogP contribution in [-0.2, 0) is 17.6 Å². The van der Waals surface area contributed by atoms with Gasteiger partial charge in [-0.25, -0.2) is 9.75 Å². The van der Waals surface area contributed by atoms with Crippen LogP contribution in [0.4, 0.5) is 13.2 Å². The van der Waals surface area contributed by atoms with Crippen LogP contribution in [0.5, 0.6) is 0 Å². The third-order valence-electron chi connectivity index (χ3n) is 3.54. The van der Waals surface area contributed by atoms with Gasteiger partial charge in [0.25, 0.3) is 5.91 Å². The Morgan fingerprint density at radius 3 is 2.59 bits per heavy atom. The summed E-state index contributed by atoms with van der Waals surface area (Å²) in [6.45, 7) is 0.303. The molecule has 0 fully saturated rings. The lowest BCUT2D eigenvalue weighted by Crippen LogP contribution is -2.25. The fourth-order valence-corrected chi connectivity index (χ4v) is 2.12. The number of hydrogen-bond acceptors (Lipinski definition) is 7. The molecule has 9 nitrogen and oxygen atoms in total. The van der Waals surface area contributed by atoms with Crippen molar-refractivity contribution in [2.75, 3.05) is 14.2 Å². The first kappa shape index (κ1) is 18.5. The van der Waals surface area contributed by atoms with E-state index in [1.165, 1.54) is 25.0 Å². The predicted molar refractivity (Wildman–Crippen MR) is 83.0 cm³/mol. The Hall–Kier alpha value is -3.28. The van der Waals surface area contributed by atoms with Crippen molar-refractivity contribution in [3.63, 3.8) is 0 Å². The highest BCUT2D eigenvalue weighted by molar-refractivity contribution is 5.90. The van der Waals surface area contributed by atoms with Crippen molar-refractivity contribution < 1.29 is 27.3 Å². The number of benzene rings is 1. The molecule has 0 spiro atoms. The highest BCUT2D eigenvalue weighted by Gasteiger charge is 2.38. The largest absolute Gasteiger partial charge is 0.471 e. The Labute approximate surface area is 150 Å². The number of amides is 1. The number of hydroxylamine groups is 2. The van der Waals surface area contributed by atoms with Gasteiger partial charge >= 0.3 is 12.1 Å². The number of hydrogen-bond donors (Lipinski definition) is 0. The molecular weight excluding hydrogens is 369 g/mol. The second-order valence-electron chi connectivity index (χ2n) is 5.40. The second kappa shape index (κ2) is 7.15. The van der Waals surface area contributed by atoms with Crippen LogP contribution in [0, 0.1) is 0 Å². The molecule has 0 aliphatic carbocycles. The summed E-state index contributed by atoms with van der Waals surface area (Å²) < 4.78 is 43.2. The van der Waals surface area contributed by atoms with Gasteiger partial charge in [0.15, 0.2) is 5.69 Å². The molecule has 0 aliphatic rings. The maximum atomic E-state index is 12.5. The standard InChI is InChI=1S/C15H13F3N6O3/c1-23(26-2)13(25)11-8-24(22-20-11)7-9-3-5-10(6-4-9)12-19-14(27-21-12)15(16,17)18/h3-6,8H,7H2,1-2H3. The Balaban J connectivity index is 1.70. The van der Waals surface area contributed by atoms with E-state index in [9.17, 15) is 18.0 Å². The maximum Gasteiger partial charge on any atom is 0.471 e. The van der Waals surface area contributed by atoms with Gasteiger partial charge in [0.2, 0.25) is 5.82 Å². The van der Waals surface area contributed by atoms with Crippen LogP contribution in [0.1, 0.15) is 21.9 Å². The van der Waals surface area contributed by atoms with Crippen molar-refractivity contribution in [1.29, 1.82) is 0 Å².